The number of nitrogens with two attached hydrogens (primary N) is 1. The summed E-state index contributed by atoms with van der Waals surface area (Å²) in [5.74, 6) is -0.125. The number of alkyl halides is 1. The van der Waals surface area contributed by atoms with Crippen LogP contribution in [0.4, 0.5) is 10.2 Å². The fourth-order valence-corrected chi connectivity index (χ4v) is 5.29. The van der Waals surface area contributed by atoms with Gasteiger partial charge in [-0.25, -0.2) is 14.2 Å². The van der Waals surface area contributed by atoms with E-state index < -0.39 is 29.2 Å². The summed E-state index contributed by atoms with van der Waals surface area (Å²) in [6.07, 6.45) is 5.47. The smallest absolute Gasteiger partial charge is 0.341 e. The van der Waals surface area contributed by atoms with Crippen molar-refractivity contribution in [3.05, 3.63) is 44.9 Å². The molecule has 1 saturated carbocycles. The predicted molar refractivity (Wildman–Crippen MR) is 112 cm³/mol. The van der Waals surface area contributed by atoms with Crippen molar-refractivity contribution in [2.45, 2.75) is 38.0 Å². The number of allylic oxidation sites excluding steroid dienone is 1. The lowest BCUT2D eigenvalue weighted by Gasteiger charge is -2.25. The van der Waals surface area contributed by atoms with Gasteiger partial charge in [0.1, 0.15) is 22.6 Å². The average Bonchev–Trinajstić information content (AvgIpc) is 3.25. The molecule has 0 aromatic carbocycles. The van der Waals surface area contributed by atoms with Crippen LogP contribution in [0.1, 0.15) is 34.9 Å². The molecule has 9 heteroatoms. The zero-order chi connectivity index (χ0) is 21.3. The molecule has 1 aliphatic heterocycles. The minimum atomic E-state index is -1.35. The van der Waals surface area contributed by atoms with E-state index >= 15 is 0 Å². The lowest BCUT2D eigenvalue weighted by molar-refractivity contribution is 0.0694. The molecule has 2 aliphatic carbocycles. The molecule has 0 spiro atoms. The SMILES string of the molecule is Cc1nc(N2C[C@@H]3CC=C[C@@H](N)[C@H]3C2)c(Cl)c2c1c(=O)c(C(=O)O)cn2[C@@H]1C[C@@H]1F. The average molecular weight is 433 g/mol. The van der Waals surface area contributed by atoms with Gasteiger partial charge < -0.3 is 20.3 Å². The largest absolute Gasteiger partial charge is 0.477 e. The van der Waals surface area contributed by atoms with E-state index in [0.29, 0.717) is 35.4 Å². The van der Waals surface area contributed by atoms with Crippen LogP contribution in [-0.2, 0) is 0 Å². The van der Waals surface area contributed by atoms with Crippen LogP contribution < -0.4 is 16.1 Å². The van der Waals surface area contributed by atoms with Crippen molar-refractivity contribution in [2.75, 3.05) is 18.0 Å². The molecule has 2 fully saturated rings. The molecule has 3 N–H and O–H groups in total. The second-order valence-electron chi connectivity index (χ2n) is 8.53. The van der Waals surface area contributed by atoms with Crippen molar-refractivity contribution in [1.82, 2.24) is 9.55 Å². The maximum Gasteiger partial charge on any atom is 0.341 e. The first kappa shape index (κ1) is 19.5. The molecule has 0 amide bonds. The monoisotopic (exact) mass is 432 g/mol. The first-order valence-corrected chi connectivity index (χ1v) is 10.4. The lowest BCUT2D eigenvalue weighted by atomic mass is 9.83. The predicted octanol–water partition coefficient (Wildman–Crippen LogP) is 2.68. The third-order valence-electron chi connectivity index (χ3n) is 6.63. The van der Waals surface area contributed by atoms with Gasteiger partial charge in [-0.2, -0.15) is 0 Å². The number of fused-ring (bicyclic) bond motifs is 2. The Bertz CT molecular complexity index is 1160. The number of rotatable bonds is 3. The van der Waals surface area contributed by atoms with Gasteiger partial charge >= 0.3 is 5.97 Å². The van der Waals surface area contributed by atoms with Crippen molar-refractivity contribution in [3.8, 4) is 0 Å². The van der Waals surface area contributed by atoms with E-state index in [4.69, 9.17) is 17.3 Å². The number of aromatic carboxylic acids is 1. The molecule has 0 unspecified atom stereocenters. The first-order chi connectivity index (χ1) is 14.3. The zero-order valence-electron chi connectivity index (χ0n) is 16.4. The van der Waals surface area contributed by atoms with E-state index in [9.17, 15) is 19.1 Å². The van der Waals surface area contributed by atoms with Crippen LogP contribution in [0.3, 0.4) is 0 Å². The van der Waals surface area contributed by atoms with Gasteiger partial charge in [-0.3, -0.25) is 4.79 Å². The van der Waals surface area contributed by atoms with Crippen molar-refractivity contribution in [3.63, 3.8) is 0 Å². The summed E-state index contributed by atoms with van der Waals surface area (Å²) in [6, 6.07) is -0.554. The van der Waals surface area contributed by atoms with E-state index in [1.807, 2.05) is 6.08 Å². The Kier molecular flexibility index (Phi) is 4.41. The minimum absolute atomic E-state index is 0.0239. The van der Waals surface area contributed by atoms with E-state index in [0.717, 1.165) is 13.0 Å². The maximum atomic E-state index is 14.0. The van der Waals surface area contributed by atoms with Crippen molar-refractivity contribution in [2.24, 2.45) is 17.6 Å². The highest BCUT2D eigenvalue weighted by atomic mass is 35.5. The summed E-state index contributed by atoms with van der Waals surface area (Å²) >= 11 is 6.78. The van der Waals surface area contributed by atoms with Crippen molar-refractivity contribution >= 4 is 34.3 Å². The van der Waals surface area contributed by atoms with Crippen LogP contribution in [0.5, 0.6) is 0 Å². The first-order valence-electron chi connectivity index (χ1n) is 10.1. The summed E-state index contributed by atoms with van der Waals surface area (Å²) in [7, 11) is 0. The number of anilines is 1. The number of carbonyl (C=O) groups is 1. The van der Waals surface area contributed by atoms with Gasteiger partial charge in [0.25, 0.3) is 0 Å². The Morgan fingerprint density at radius 1 is 1.40 bits per heavy atom. The number of pyridine rings is 2. The number of carboxylic acid groups (broad SMARTS) is 1. The summed E-state index contributed by atoms with van der Waals surface area (Å²) < 4.78 is 15.5. The Morgan fingerprint density at radius 3 is 2.77 bits per heavy atom. The van der Waals surface area contributed by atoms with Crippen molar-refractivity contribution < 1.29 is 14.3 Å². The molecule has 30 heavy (non-hydrogen) atoms. The molecule has 1 saturated heterocycles. The number of hydrogen-bond acceptors (Lipinski definition) is 5. The Labute approximate surface area is 176 Å². The van der Waals surface area contributed by atoms with Crippen molar-refractivity contribution in [1.29, 1.82) is 0 Å². The topological polar surface area (TPSA) is 101 Å². The molecule has 3 heterocycles. The van der Waals surface area contributed by atoms with Gasteiger partial charge in [0.15, 0.2) is 0 Å². The Morgan fingerprint density at radius 2 is 2.13 bits per heavy atom. The molecule has 2 aromatic rings. The highest BCUT2D eigenvalue weighted by Gasteiger charge is 2.42. The highest BCUT2D eigenvalue weighted by Crippen LogP contribution is 2.44. The van der Waals surface area contributed by atoms with Crippen LogP contribution in [0.15, 0.2) is 23.1 Å². The van der Waals surface area contributed by atoms with Crippen LogP contribution in [0.2, 0.25) is 5.02 Å². The quantitative estimate of drug-likeness (QED) is 0.723. The number of carboxylic acids is 1. The van der Waals surface area contributed by atoms with Crippen LogP contribution in [0.25, 0.3) is 10.9 Å². The van der Waals surface area contributed by atoms with E-state index in [2.05, 4.69) is 16.0 Å². The fourth-order valence-electron chi connectivity index (χ4n) is 4.93. The fraction of sp³-hybridized carbons (Fsp3) is 0.476. The maximum absolute atomic E-state index is 14.0. The molecule has 5 rings (SSSR count). The second kappa shape index (κ2) is 6.78. The molecule has 3 aliphatic rings. The van der Waals surface area contributed by atoms with E-state index in [-0.39, 0.29) is 22.9 Å². The van der Waals surface area contributed by atoms with E-state index in [1.165, 1.54) is 10.8 Å². The molecule has 7 nitrogen and oxygen atoms in total. The molecule has 0 radical (unpaired) electrons. The van der Waals surface area contributed by atoms with Gasteiger partial charge in [0.05, 0.1) is 22.6 Å². The summed E-state index contributed by atoms with van der Waals surface area (Å²) in [5.41, 5.74) is 5.96. The molecular weight excluding hydrogens is 411 g/mol. The summed E-state index contributed by atoms with van der Waals surface area (Å²) in [4.78, 5) is 31.2. The van der Waals surface area contributed by atoms with Gasteiger partial charge in [-0.15, -0.1) is 0 Å². The molecule has 0 bridgehead atoms. The highest BCUT2D eigenvalue weighted by molar-refractivity contribution is 6.37. The van der Waals surface area contributed by atoms with Gasteiger partial charge in [0.2, 0.25) is 5.43 Å². The third-order valence-corrected chi connectivity index (χ3v) is 6.97. The lowest BCUT2D eigenvalue weighted by Crippen LogP contribution is -2.35. The van der Waals surface area contributed by atoms with Gasteiger partial charge in [-0.1, -0.05) is 23.8 Å². The number of nitrogens with zero attached hydrogens (tertiary/aromatic N) is 3. The van der Waals surface area contributed by atoms with E-state index in [1.54, 1.807) is 6.92 Å². The van der Waals surface area contributed by atoms with Gasteiger partial charge in [0, 0.05) is 31.7 Å². The summed E-state index contributed by atoms with van der Waals surface area (Å²) in [5, 5.41) is 9.85. The molecule has 2 aromatic heterocycles. The normalized spacial score (nSPS) is 30.0. The van der Waals surface area contributed by atoms with Crippen LogP contribution >= 0.6 is 11.6 Å². The number of halogens is 2. The summed E-state index contributed by atoms with van der Waals surface area (Å²) in [6.45, 7) is 3.10. The van der Waals surface area contributed by atoms with Crippen LogP contribution in [0, 0.1) is 18.8 Å². The number of hydrogen-bond donors (Lipinski definition) is 2. The third kappa shape index (κ3) is 2.85. The second-order valence-corrected chi connectivity index (χ2v) is 8.91. The minimum Gasteiger partial charge on any atom is -0.477 e. The molecular formula is C21H22ClFN4O3. The molecule has 5 atom stereocenters. The standard InChI is InChI=1S/C21H22ClFN4O3/c1-9-16-18(27(15-5-13(15)23)8-12(19(16)28)21(29)30)17(22)20(25-9)26-6-10-3-2-4-14(24)11(10)7-26/h2,4,8,10-11,13-15H,3,5-7,24H2,1H3,(H,29,30)/t10-,11-,13-,14+,15+/m0/s1. The molecule has 158 valence electrons. The Balaban J connectivity index is 1.69. The van der Waals surface area contributed by atoms with Crippen LogP contribution in [-0.4, -0.2) is 45.9 Å². The Hall–Kier alpha value is -2.45. The zero-order valence-corrected chi connectivity index (χ0v) is 17.1. The number of aryl methyl sites for hydroxylation is 1. The van der Waals surface area contributed by atoms with Gasteiger partial charge in [-0.05, 0) is 25.2 Å². The number of aromatic nitrogens is 2.